The highest BCUT2D eigenvalue weighted by molar-refractivity contribution is 8.00. The molecule has 0 radical (unpaired) electrons. The number of rotatable bonds is 3. The van der Waals surface area contributed by atoms with Gasteiger partial charge in [0.25, 0.3) is 0 Å². The quantitative estimate of drug-likeness (QED) is 0.737. The maximum atomic E-state index is 11.3. The van der Waals surface area contributed by atoms with Gasteiger partial charge in [0, 0.05) is 25.6 Å². The van der Waals surface area contributed by atoms with Crippen molar-refractivity contribution < 1.29 is 4.79 Å². The first-order valence-corrected chi connectivity index (χ1v) is 6.37. The van der Waals surface area contributed by atoms with Crippen LogP contribution in [0.5, 0.6) is 0 Å². The SMILES string of the molecule is CC(=O)c1cc(CC2CCCS2)nn1C. The topological polar surface area (TPSA) is 34.9 Å². The fraction of sp³-hybridized carbons (Fsp3) is 0.636. The van der Waals surface area contributed by atoms with E-state index >= 15 is 0 Å². The van der Waals surface area contributed by atoms with Crippen LogP contribution < -0.4 is 0 Å². The highest BCUT2D eigenvalue weighted by atomic mass is 32.2. The molecule has 0 aromatic carbocycles. The average molecular weight is 224 g/mol. The Labute approximate surface area is 94.2 Å². The van der Waals surface area contributed by atoms with E-state index < -0.39 is 0 Å². The van der Waals surface area contributed by atoms with E-state index in [0.29, 0.717) is 10.9 Å². The van der Waals surface area contributed by atoms with Crippen LogP contribution in [-0.4, -0.2) is 26.6 Å². The average Bonchev–Trinajstić information content (AvgIpc) is 2.75. The van der Waals surface area contributed by atoms with Crippen LogP contribution in [-0.2, 0) is 13.5 Å². The van der Waals surface area contributed by atoms with Crippen LogP contribution in [0.25, 0.3) is 0 Å². The molecule has 1 aliphatic rings. The fourth-order valence-electron chi connectivity index (χ4n) is 1.99. The molecule has 1 aliphatic heterocycles. The van der Waals surface area contributed by atoms with Crippen molar-refractivity contribution in [1.82, 2.24) is 9.78 Å². The van der Waals surface area contributed by atoms with E-state index in [1.54, 1.807) is 11.6 Å². The van der Waals surface area contributed by atoms with E-state index in [2.05, 4.69) is 5.10 Å². The van der Waals surface area contributed by atoms with Crippen LogP contribution in [0.15, 0.2) is 6.07 Å². The molecule has 0 N–H and O–H groups in total. The summed E-state index contributed by atoms with van der Waals surface area (Å²) in [6.45, 7) is 1.59. The maximum absolute atomic E-state index is 11.3. The largest absolute Gasteiger partial charge is 0.293 e. The molecule has 0 spiro atoms. The van der Waals surface area contributed by atoms with Crippen molar-refractivity contribution in [3.05, 3.63) is 17.5 Å². The molecule has 2 heterocycles. The number of nitrogens with zero attached hydrogens (tertiary/aromatic N) is 2. The third-order valence-corrected chi connectivity index (χ3v) is 4.15. The summed E-state index contributed by atoms with van der Waals surface area (Å²) in [7, 11) is 1.84. The van der Waals surface area contributed by atoms with Gasteiger partial charge in [0.05, 0.1) is 5.69 Å². The fourth-order valence-corrected chi connectivity index (χ4v) is 3.28. The van der Waals surface area contributed by atoms with Crippen LogP contribution in [0.1, 0.15) is 35.9 Å². The molecule has 0 saturated carbocycles. The molecule has 3 nitrogen and oxygen atoms in total. The van der Waals surface area contributed by atoms with E-state index in [0.717, 1.165) is 12.1 Å². The zero-order valence-electron chi connectivity index (χ0n) is 9.19. The van der Waals surface area contributed by atoms with E-state index in [4.69, 9.17) is 0 Å². The van der Waals surface area contributed by atoms with Gasteiger partial charge in [-0.25, -0.2) is 0 Å². The Kier molecular flexibility index (Phi) is 3.14. The van der Waals surface area contributed by atoms with Gasteiger partial charge in [0.1, 0.15) is 5.69 Å². The van der Waals surface area contributed by atoms with Gasteiger partial charge >= 0.3 is 0 Å². The standard InChI is InChI=1S/C11H16N2OS/c1-8(14)11-7-9(12-13(11)2)6-10-4-3-5-15-10/h7,10H,3-6H2,1-2H3. The van der Waals surface area contributed by atoms with E-state index in [-0.39, 0.29) is 5.78 Å². The molecule has 0 bridgehead atoms. The Bertz CT molecular complexity index is 367. The zero-order valence-corrected chi connectivity index (χ0v) is 10.0. The lowest BCUT2D eigenvalue weighted by molar-refractivity contribution is 0.100. The Morgan fingerprint density at radius 3 is 3.07 bits per heavy atom. The molecule has 1 fully saturated rings. The summed E-state index contributed by atoms with van der Waals surface area (Å²) in [6, 6.07) is 1.93. The van der Waals surface area contributed by atoms with Gasteiger partial charge in [-0.3, -0.25) is 9.48 Å². The molecule has 2 rings (SSSR count). The lowest BCUT2D eigenvalue weighted by Crippen LogP contribution is -2.04. The van der Waals surface area contributed by atoms with Gasteiger partial charge in [-0.05, 0) is 24.7 Å². The summed E-state index contributed by atoms with van der Waals surface area (Å²) in [5.41, 5.74) is 1.77. The molecule has 0 aliphatic carbocycles. The van der Waals surface area contributed by atoms with E-state index in [1.807, 2.05) is 24.9 Å². The van der Waals surface area contributed by atoms with Crippen molar-refractivity contribution in [3.8, 4) is 0 Å². The molecule has 0 amide bonds. The first-order valence-electron chi connectivity index (χ1n) is 5.32. The molecule has 1 aromatic heterocycles. The number of carbonyl (C=O) groups is 1. The minimum atomic E-state index is 0.0929. The summed E-state index contributed by atoms with van der Waals surface area (Å²) in [6.07, 6.45) is 3.62. The molecule has 1 saturated heterocycles. The minimum Gasteiger partial charge on any atom is -0.293 e. The molecule has 1 aromatic rings. The first-order chi connectivity index (χ1) is 7.16. The molecule has 4 heteroatoms. The summed E-state index contributed by atoms with van der Waals surface area (Å²) in [5, 5.41) is 5.09. The van der Waals surface area contributed by atoms with Gasteiger partial charge in [0.15, 0.2) is 5.78 Å². The second-order valence-corrected chi connectivity index (χ2v) is 5.45. The highest BCUT2D eigenvalue weighted by Crippen LogP contribution is 2.28. The Morgan fingerprint density at radius 2 is 2.53 bits per heavy atom. The number of hydrogen-bond donors (Lipinski definition) is 0. The van der Waals surface area contributed by atoms with E-state index in [9.17, 15) is 4.79 Å². The van der Waals surface area contributed by atoms with Gasteiger partial charge in [-0.1, -0.05) is 0 Å². The lowest BCUT2D eigenvalue weighted by atomic mass is 10.1. The molecular weight excluding hydrogens is 208 g/mol. The second kappa shape index (κ2) is 4.39. The van der Waals surface area contributed by atoms with Crippen molar-refractivity contribution in [2.24, 2.45) is 7.05 Å². The smallest absolute Gasteiger partial charge is 0.177 e. The van der Waals surface area contributed by atoms with Crippen LogP contribution in [0.3, 0.4) is 0 Å². The van der Waals surface area contributed by atoms with Crippen LogP contribution in [0.4, 0.5) is 0 Å². The van der Waals surface area contributed by atoms with Crippen molar-refractivity contribution >= 4 is 17.5 Å². The van der Waals surface area contributed by atoms with Gasteiger partial charge in [-0.15, -0.1) is 0 Å². The van der Waals surface area contributed by atoms with E-state index in [1.165, 1.54) is 18.6 Å². The Balaban J connectivity index is 2.08. The molecule has 82 valence electrons. The van der Waals surface area contributed by atoms with Crippen molar-refractivity contribution in [2.45, 2.75) is 31.4 Å². The predicted molar refractivity (Wildman–Crippen MR) is 62.4 cm³/mol. The number of carbonyl (C=O) groups excluding carboxylic acids is 1. The summed E-state index contributed by atoms with van der Waals surface area (Å²) in [5.74, 6) is 1.37. The number of Topliss-reactive ketones (excluding diaryl/α,β-unsaturated/α-hetero) is 1. The first kappa shape index (κ1) is 10.7. The third-order valence-electron chi connectivity index (χ3n) is 2.75. The predicted octanol–water partition coefficient (Wildman–Crippen LogP) is 2.06. The number of aryl methyl sites for hydroxylation is 1. The zero-order chi connectivity index (χ0) is 10.8. The second-order valence-electron chi connectivity index (χ2n) is 4.04. The number of thioether (sulfide) groups is 1. The normalized spacial score (nSPS) is 20.8. The Hall–Kier alpha value is -0.770. The minimum absolute atomic E-state index is 0.0929. The van der Waals surface area contributed by atoms with Crippen molar-refractivity contribution in [1.29, 1.82) is 0 Å². The number of hydrogen-bond acceptors (Lipinski definition) is 3. The number of ketones is 1. The lowest BCUT2D eigenvalue weighted by Gasteiger charge is -2.03. The van der Waals surface area contributed by atoms with Crippen LogP contribution in [0.2, 0.25) is 0 Å². The van der Waals surface area contributed by atoms with Gasteiger partial charge < -0.3 is 0 Å². The summed E-state index contributed by atoms with van der Waals surface area (Å²) >= 11 is 2.03. The summed E-state index contributed by atoms with van der Waals surface area (Å²) < 4.78 is 1.69. The third kappa shape index (κ3) is 2.43. The van der Waals surface area contributed by atoms with Gasteiger partial charge in [0.2, 0.25) is 0 Å². The van der Waals surface area contributed by atoms with Crippen molar-refractivity contribution in [3.63, 3.8) is 0 Å². The molecule has 15 heavy (non-hydrogen) atoms. The Morgan fingerprint density at radius 1 is 1.73 bits per heavy atom. The molecular formula is C11H16N2OS. The molecule has 1 atom stereocenters. The van der Waals surface area contributed by atoms with Crippen molar-refractivity contribution in [2.75, 3.05) is 5.75 Å². The molecule has 1 unspecified atom stereocenters. The van der Waals surface area contributed by atoms with Crippen LogP contribution >= 0.6 is 11.8 Å². The number of aromatic nitrogens is 2. The maximum Gasteiger partial charge on any atom is 0.177 e. The summed E-state index contributed by atoms with van der Waals surface area (Å²) in [4.78, 5) is 11.3. The monoisotopic (exact) mass is 224 g/mol. The van der Waals surface area contributed by atoms with Crippen LogP contribution in [0, 0.1) is 0 Å². The highest BCUT2D eigenvalue weighted by Gasteiger charge is 2.18. The van der Waals surface area contributed by atoms with Gasteiger partial charge in [-0.2, -0.15) is 16.9 Å².